The van der Waals surface area contributed by atoms with E-state index in [9.17, 15) is 4.79 Å². The number of rotatable bonds is 5. The van der Waals surface area contributed by atoms with Crippen molar-refractivity contribution < 1.29 is 14.3 Å². The van der Waals surface area contributed by atoms with E-state index in [1.807, 2.05) is 48.6 Å². The Morgan fingerprint density at radius 3 is 2.54 bits per heavy atom. The summed E-state index contributed by atoms with van der Waals surface area (Å²) in [5, 5.41) is 2.87. The maximum Gasteiger partial charge on any atom is 0.253 e. The summed E-state index contributed by atoms with van der Waals surface area (Å²) in [4.78, 5) is 19.8. The van der Waals surface area contributed by atoms with Crippen LogP contribution in [0, 0.1) is 0 Å². The summed E-state index contributed by atoms with van der Waals surface area (Å²) >= 11 is 0. The number of amides is 1. The lowest BCUT2D eigenvalue weighted by atomic mass is 10.1. The zero-order chi connectivity index (χ0) is 19.5. The van der Waals surface area contributed by atoms with Crippen molar-refractivity contribution in [1.29, 1.82) is 0 Å². The zero-order valence-corrected chi connectivity index (χ0v) is 15.8. The van der Waals surface area contributed by atoms with Crippen molar-refractivity contribution in [3.63, 3.8) is 0 Å². The molecule has 0 saturated carbocycles. The van der Waals surface area contributed by atoms with Crippen LogP contribution in [0.5, 0.6) is 11.5 Å². The molecule has 2 aromatic heterocycles. The van der Waals surface area contributed by atoms with Gasteiger partial charge in [0.1, 0.15) is 11.5 Å². The highest BCUT2D eigenvalue weighted by atomic mass is 16.5. The largest absolute Gasteiger partial charge is 0.497 e. The highest BCUT2D eigenvalue weighted by Crippen LogP contribution is 2.26. The number of carbonyl (C=O) groups is 1. The minimum atomic E-state index is -0.0232. The Morgan fingerprint density at radius 1 is 1.04 bits per heavy atom. The van der Waals surface area contributed by atoms with Crippen molar-refractivity contribution >= 4 is 18.1 Å². The highest BCUT2D eigenvalue weighted by molar-refractivity contribution is 5.97. The topological polar surface area (TPSA) is 76.2 Å². The number of carbonyl (C=O) groups excluding carboxylic acids is 1. The molecule has 1 amide bonds. The van der Waals surface area contributed by atoms with Crippen LogP contribution >= 0.6 is 0 Å². The molecule has 6 nitrogen and oxygen atoms in total. The predicted octanol–water partition coefficient (Wildman–Crippen LogP) is 3.55. The monoisotopic (exact) mass is 375 g/mol. The van der Waals surface area contributed by atoms with Crippen molar-refractivity contribution in [3.05, 3.63) is 65.1 Å². The second-order valence-electron chi connectivity index (χ2n) is 6.53. The van der Waals surface area contributed by atoms with Crippen LogP contribution in [-0.4, -0.2) is 36.6 Å². The molecule has 0 radical (unpaired) electrons. The van der Waals surface area contributed by atoms with E-state index < -0.39 is 0 Å². The van der Waals surface area contributed by atoms with Gasteiger partial charge in [0, 0.05) is 42.2 Å². The first kappa shape index (κ1) is 17.9. The van der Waals surface area contributed by atoms with Gasteiger partial charge in [-0.15, -0.1) is 0 Å². The molecule has 0 unspecified atom stereocenters. The Morgan fingerprint density at radius 2 is 1.82 bits per heavy atom. The second kappa shape index (κ2) is 7.60. The number of hydrogen-bond acceptors (Lipinski definition) is 4. The molecule has 0 aliphatic carbocycles. The molecule has 0 atom stereocenters. The van der Waals surface area contributed by atoms with Crippen LogP contribution < -0.4 is 14.8 Å². The van der Waals surface area contributed by atoms with Crippen LogP contribution in [0.4, 0.5) is 0 Å². The maximum absolute atomic E-state index is 12.0. The van der Waals surface area contributed by atoms with Gasteiger partial charge in [0.25, 0.3) is 5.91 Å². The van der Waals surface area contributed by atoms with Crippen molar-refractivity contribution in [2.45, 2.75) is 6.42 Å². The smallest absolute Gasteiger partial charge is 0.253 e. The van der Waals surface area contributed by atoms with Crippen molar-refractivity contribution in [3.8, 4) is 22.8 Å². The molecule has 1 aromatic carbocycles. The summed E-state index contributed by atoms with van der Waals surface area (Å²) in [6.07, 6.45) is 6.48. The van der Waals surface area contributed by atoms with E-state index in [0.29, 0.717) is 6.54 Å². The van der Waals surface area contributed by atoms with Gasteiger partial charge in [0.05, 0.1) is 25.5 Å². The Balaban J connectivity index is 1.61. The van der Waals surface area contributed by atoms with Gasteiger partial charge in [-0.2, -0.15) is 0 Å². The average Bonchev–Trinajstić information content (AvgIpc) is 3.18. The normalized spacial score (nSPS) is 13.3. The van der Waals surface area contributed by atoms with E-state index in [4.69, 9.17) is 9.47 Å². The van der Waals surface area contributed by atoms with Crippen molar-refractivity contribution in [1.82, 2.24) is 15.3 Å². The Labute approximate surface area is 163 Å². The molecule has 0 saturated heterocycles. The first-order valence-electron chi connectivity index (χ1n) is 9.04. The number of methoxy groups -OCH3 is 2. The molecular weight excluding hydrogens is 354 g/mol. The van der Waals surface area contributed by atoms with E-state index in [2.05, 4.69) is 15.3 Å². The molecule has 1 aliphatic heterocycles. The van der Waals surface area contributed by atoms with E-state index in [0.717, 1.165) is 51.7 Å². The van der Waals surface area contributed by atoms with Gasteiger partial charge in [-0.25, -0.2) is 0 Å². The highest BCUT2D eigenvalue weighted by Gasteiger charge is 2.19. The van der Waals surface area contributed by atoms with Crippen LogP contribution in [0.3, 0.4) is 0 Å². The van der Waals surface area contributed by atoms with Crippen LogP contribution in [0.25, 0.3) is 23.4 Å². The summed E-state index contributed by atoms with van der Waals surface area (Å²) < 4.78 is 10.6. The Hall–Kier alpha value is -3.54. The third kappa shape index (κ3) is 3.62. The summed E-state index contributed by atoms with van der Waals surface area (Å²) in [5.74, 6) is 1.44. The molecule has 1 aliphatic rings. The van der Waals surface area contributed by atoms with Crippen LogP contribution in [0.2, 0.25) is 0 Å². The van der Waals surface area contributed by atoms with E-state index in [1.54, 1.807) is 20.4 Å². The zero-order valence-electron chi connectivity index (χ0n) is 15.8. The fourth-order valence-corrected chi connectivity index (χ4v) is 3.26. The number of ether oxygens (including phenoxy) is 2. The molecule has 142 valence electrons. The third-order valence-corrected chi connectivity index (χ3v) is 4.72. The number of pyridine rings is 1. The van der Waals surface area contributed by atoms with Gasteiger partial charge >= 0.3 is 0 Å². The quantitative estimate of drug-likeness (QED) is 0.715. The summed E-state index contributed by atoms with van der Waals surface area (Å²) in [6, 6.07) is 11.5. The van der Waals surface area contributed by atoms with Gasteiger partial charge in [0.2, 0.25) is 0 Å². The number of nitrogens with zero attached hydrogens (tertiary/aromatic N) is 1. The summed E-state index contributed by atoms with van der Waals surface area (Å²) in [5.41, 5.74) is 5.38. The summed E-state index contributed by atoms with van der Waals surface area (Å²) in [6.45, 7) is 0.667. The van der Waals surface area contributed by atoms with Gasteiger partial charge < -0.3 is 19.8 Å². The molecule has 0 fully saturated rings. The fourth-order valence-electron chi connectivity index (χ4n) is 3.26. The van der Waals surface area contributed by atoms with Crippen LogP contribution in [-0.2, 0) is 6.42 Å². The first-order valence-corrected chi connectivity index (χ1v) is 9.04. The minimum Gasteiger partial charge on any atom is -0.497 e. The standard InChI is InChI=1S/C22H21N3O3/c1-27-17-9-14(10-18(12-17)28-2)3-4-16-11-15(5-7-23-16)21-13-19-20(25-21)6-8-24-22(19)26/h3-5,7,9-13,25H,6,8H2,1-2H3,(H,24,26)/b4-3+. The molecule has 0 spiro atoms. The van der Waals surface area contributed by atoms with Gasteiger partial charge in [-0.05, 0) is 42.0 Å². The lowest BCUT2D eigenvalue weighted by Gasteiger charge is -2.10. The van der Waals surface area contributed by atoms with Crippen molar-refractivity contribution in [2.75, 3.05) is 20.8 Å². The molecule has 3 aromatic rings. The number of aromatic amines is 1. The maximum atomic E-state index is 12.0. The molecule has 2 N–H and O–H groups in total. The number of nitrogens with one attached hydrogen (secondary N) is 2. The minimum absolute atomic E-state index is 0.0232. The Bertz CT molecular complexity index is 1030. The van der Waals surface area contributed by atoms with E-state index in [1.165, 1.54) is 0 Å². The SMILES string of the molecule is COc1cc(/C=C/c2cc(-c3cc4c([nH]3)CCNC4=O)ccn2)cc(OC)c1. The number of hydrogen-bond donors (Lipinski definition) is 2. The lowest BCUT2D eigenvalue weighted by Crippen LogP contribution is -2.31. The molecule has 0 bridgehead atoms. The molecular formula is C22H21N3O3. The molecule has 6 heteroatoms. The molecule has 3 heterocycles. The lowest BCUT2D eigenvalue weighted by molar-refractivity contribution is 0.0946. The van der Waals surface area contributed by atoms with Gasteiger partial charge in [-0.1, -0.05) is 6.08 Å². The van der Waals surface area contributed by atoms with Gasteiger partial charge in [0.15, 0.2) is 0 Å². The van der Waals surface area contributed by atoms with E-state index >= 15 is 0 Å². The average molecular weight is 375 g/mol. The third-order valence-electron chi connectivity index (χ3n) is 4.72. The molecule has 4 rings (SSSR count). The van der Waals surface area contributed by atoms with Crippen LogP contribution in [0.1, 0.15) is 27.3 Å². The first-order chi connectivity index (χ1) is 13.7. The van der Waals surface area contributed by atoms with E-state index in [-0.39, 0.29) is 5.91 Å². The Kier molecular flexibility index (Phi) is 4.85. The van der Waals surface area contributed by atoms with Crippen LogP contribution in [0.15, 0.2) is 42.6 Å². The number of benzene rings is 1. The second-order valence-corrected chi connectivity index (χ2v) is 6.53. The molecule has 28 heavy (non-hydrogen) atoms. The summed E-state index contributed by atoms with van der Waals surface area (Å²) in [7, 11) is 3.26. The predicted molar refractivity (Wildman–Crippen MR) is 109 cm³/mol. The number of fused-ring (bicyclic) bond motifs is 1. The number of aromatic nitrogens is 2. The van der Waals surface area contributed by atoms with Gasteiger partial charge in [-0.3, -0.25) is 9.78 Å². The fraction of sp³-hybridized carbons (Fsp3) is 0.182. The van der Waals surface area contributed by atoms with Crippen molar-refractivity contribution in [2.24, 2.45) is 0 Å². The number of H-pyrrole nitrogens is 1.